The van der Waals surface area contributed by atoms with Crippen LogP contribution in [0.1, 0.15) is 48.5 Å². The Morgan fingerprint density at radius 1 is 1.18 bits per heavy atom. The summed E-state index contributed by atoms with van der Waals surface area (Å²) in [6, 6.07) is 8.26. The number of nitrogens with zero attached hydrogens (tertiary/aromatic N) is 4. The van der Waals surface area contributed by atoms with Crippen molar-refractivity contribution in [2.24, 2.45) is 5.92 Å². The molecule has 1 aromatic carbocycles. The molecular weight excluding hydrogens is 374 g/mol. The normalized spacial score (nSPS) is 12.4. The zero-order valence-corrected chi connectivity index (χ0v) is 17.6. The number of amides is 1. The second kappa shape index (κ2) is 8.60. The molecule has 0 saturated carbocycles. The second-order valence-electron chi connectivity index (χ2n) is 7.12. The maximum absolute atomic E-state index is 12.3. The molecule has 3 aromatic rings. The van der Waals surface area contributed by atoms with Crippen molar-refractivity contribution in [3.63, 3.8) is 0 Å². The lowest BCUT2D eigenvalue weighted by molar-refractivity contribution is 0.0925. The molecule has 8 heteroatoms. The summed E-state index contributed by atoms with van der Waals surface area (Å²) in [6.07, 6.45) is 1.40. The minimum atomic E-state index is -0.222. The standard InChI is InChI=1S/C20H25N5O2S/c1-12(2)14(4)21-19(26)17-10-27-18(22-17)11-28-20-24-23-15(5)25(20)16-8-6-13(3)7-9-16/h6-10,12,14H,11H2,1-5H3,(H,21,26). The summed E-state index contributed by atoms with van der Waals surface area (Å²) in [5.41, 5.74) is 2.49. The highest BCUT2D eigenvalue weighted by atomic mass is 32.2. The Labute approximate surface area is 169 Å². The topological polar surface area (TPSA) is 85.8 Å². The highest BCUT2D eigenvalue weighted by molar-refractivity contribution is 7.98. The number of oxazole rings is 1. The van der Waals surface area contributed by atoms with Crippen LogP contribution >= 0.6 is 11.8 Å². The average molecular weight is 400 g/mol. The van der Waals surface area contributed by atoms with Gasteiger partial charge in [0, 0.05) is 11.7 Å². The lowest BCUT2D eigenvalue weighted by Crippen LogP contribution is -2.36. The van der Waals surface area contributed by atoms with Gasteiger partial charge in [0.25, 0.3) is 5.91 Å². The van der Waals surface area contributed by atoms with Gasteiger partial charge in [-0.3, -0.25) is 9.36 Å². The minimum absolute atomic E-state index is 0.0676. The quantitative estimate of drug-likeness (QED) is 0.606. The van der Waals surface area contributed by atoms with Crippen molar-refractivity contribution in [2.75, 3.05) is 0 Å². The van der Waals surface area contributed by atoms with E-state index in [1.807, 2.05) is 30.5 Å². The molecule has 0 aliphatic rings. The molecule has 0 aliphatic carbocycles. The van der Waals surface area contributed by atoms with Gasteiger partial charge in [0.15, 0.2) is 10.9 Å². The number of hydrogen-bond donors (Lipinski definition) is 1. The first-order valence-corrected chi connectivity index (χ1v) is 10.2. The summed E-state index contributed by atoms with van der Waals surface area (Å²) in [5, 5.41) is 12.1. The highest BCUT2D eigenvalue weighted by Crippen LogP contribution is 2.25. The molecule has 0 bridgehead atoms. The van der Waals surface area contributed by atoms with E-state index in [-0.39, 0.29) is 11.9 Å². The molecule has 1 unspecified atom stereocenters. The summed E-state index contributed by atoms with van der Waals surface area (Å²) < 4.78 is 7.46. The van der Waals surface area contributed by atoms with Crippen LogP contribution in [-0.2, 0) is 5.75 Å². The van der Waals surface area contributed by atoms with E-state index in [0.717, 1.165) is 16.7 Å². The number of thioether (sulfide) groups is 1. The molecule has 3 rings (SSSR count). The van der Waals surface area contributed by atoms with E-state index < -0.39 is 0 Å². The summed E-state index contributed by atoms with van der Waals surface area (Å²) in [6.45, 7) is 10.1. The largest absolute Gasteiger partial charge is 0.447 e. The predicted molar refractivity (Wildman–Crippen MR) is 109 cm³/mol. The zero-order valence-electron chi connectivity index (χ0n) is 16.8. The number of hydrogen-bond acceptors (Lipinski definition) is 6. The molecule has 7 nitrogen and oxygen atoms in total. The Kier molecular flexibility index (Phi) is 6.18. The first-order valence-electron chi connectivity index (χ1n) is 9.22. The van der Waals surface area contributed by atoms with Gasteiger partial charge in [0.05, 0.1) is 5.75 Å². The van der Waals surface area contributed by atoms with Crippen LogP contribution in [0.4, 0.5) is 0 Å². The Morgan fingerprint density at radius 3 is 2.57 bits per heavy atom. The maximum Gasteiger partial charge on any atom is 0.273 e. The van der Waals surface area contributed by atoms with E-state index >= 15 is 0 Å². The van der Waals surface area contributed by atoms with E-state index in [2.05, 4.69) is 53.4 Å². The van der Waals surface area contributed by atoms with Gasteiger partial charge in [-0.05, 0) is 38.8 Å². The van der Waals surface area contributed by atoms with Crippen molar-refractivity contribution in [1.29, 1.82) is 0 Å². The van der Waals surface area contributed by atoms with Crippen LogP contribution in [0.15, 0.2) is 40.1 Å². The SMILES string of the molecule is Cc1ccc(-n2c(C)nnc2SCc2nc(C(=O)NC(C)C(C)C)co2)cc1. The molecule has 0 radical (unpaired) electrons. The van der Waals surface area contributed by atoms with E-state index in [1.165, 1.54) is 23.6 Å². The lowest BCUT2D eigenvalue weighted by atomic mass is 10.1. The number of benzene rings is 1. The molecule has 1 atom stereocenters. The van der Waals surface area contributed by atoms with Gasteiger partial charge >= 0.3 is 0 Å². The first kappa shape index (κ1) is 20.1. The fourth-order valence-electron chi connectivity index (χ4n) is 2.48. The Morgan fingerprint density at radius 2 is 1.89 bits per heavy atom. The fraction of sp³-hybridized carbons (Fsp3) is 0.400. The zero-order chi connectivity index (χ0) is 20.3. The highest BCUT2D eigenvalue weighted by Gasteiger charge is 2.18. The van der Waals surface area contributed by atoms with Crippen LogP contribution in [0.3, 0.4) is 0 Å². The Hall–Kier alpha value is -2.61. The van der Waals surface area contributed by atoms with Crippen LogP contribution in [0, 0.1) is 19.8 Å². The van der Waals surface area contributed by atoms with Gasteiger partial charge < -0.3 is 9.73 Å². The number of rotatable bonds is 7. The van der Waals surface area contributed by atoms with Gasteiger partial charge in [0.1, 0.15) is 12.1 Å². The molecule has 2 heterocycles. The summed E-state index contributed by atoms with van der Waals surface area (Å²) in [4.78, 5) is 16.6. The Balaban J connectivity index is 1.68. The average Bonchev–Trinajstić information content (AvgIpc) is 3.27. The van der Waals surface area contributed by atoms with Crippen molar-refractivity contribution in [3.8, 4) is 5.69 Å². The van der Waals surface area contributed by atoms with Crippen LogP contribution < -0.4 is 5.32 Å². The van der Waals surface area contributed by atoms with Crippen molar-refractivity contribution in [1.82, 2.24) is 25.1 Å². The molecule has 0 saturated heterocycles. The van der Waals surface area contributed by atoms with Gasteiger partial charge in [-0.1, -0.05) is 43.3 Å². The smallest absolute Gasteiger partial charge is 0.273 e. The summed E-state index contributed by atoms with van der Waals surface area (Å²) in [5.74, 6) is 1.86. The predicted octanol–water partition coefficient (Wildman–Crippen LogP) is 3.94. The van der Waals surface area contributed by atoms with Gasteiger partial charge in [0.2, 0.25) is 5.89 Å². The maximum atomic E-state index is 12.3. The molecular formula is C20H25N5O2S. The van der Waals surface area contributed by atoms with Crippen LogP contribution in [0.25, 0.3) is 5.69 Å². The molecule has 148 valence electrons. The van der Waals surface area contributed by atoms with Crippen LogP contribution in [-0.4, -0.2) is 31.7 Å². The minimum Gasteiger partial charge on any atom is -0.447 e. The molecule has 28 heavy (non-hydrogen) atoms. The van der Waals surface area contributed by atoms with Crippen LogP contribution in [0.2, 0.25) is 0 Å². The molecule has 0 aliphatic heterocycles. The number of carbonyl (C=O) groups is 1. The van der Waals surface area contributed by atoms with Crippen LogP contribution in [0.5, 0.6) is 0 Å². The van der Waals surface area contributed by atoms with Crippen molar-refractivity contribution in [2.45, 2.75) is 51.6 Å². The third kappa shape index (κ3) is 4.62. The van der Waals surface area contributed by atoms with E-state index in [0.29, 0.717) is 23.3 Å². The summed E-state index contributed by atoms with van der Waals surface area (Å²) in [7, 11) is 0. The number of aromatic nitrogens is 4. The number of carbonyl (C=O) groups excluding carboxylic acids is 1. The first-order chi connectivity index (χ1) is 13.3. The van der Waals surface area contributed by atoms with Crippen molar-refractivity contribution >= 4 is 17.7 Å². The van der Waals surface area contributed by atoms with Crippen molar-refractivity contribution in [3.05, 3.63) is 53.5 Å². The van der Waals surface area contributed by atoms with E-state index in [4.69, 9.17) is 4.42 Å². The van der Waals surface area contributed by atoms with Crippen molar-refractivity contribution < 1.29 is 9.21 Å². The third-order valence-corrected chi connectivity index (χ3v) is 5.47. The summed E-state index contributed by atoms with van der Waals surface area (Å²) >= 11 is 1.47. The second-order valence-corrected chi connectivity index (χ2v) is 8.06. The van der Waals surface area contributed by atoms with Gasteiger partial charge in [-0.2, -0.15) is 0 Å². The molecule has 1 amide bonds. The lowest BCUT2D eigenvalue weighted by Gasteiger charge is -2.16. The Bertz CT molecular complexity index is 946. The number of aryl methyl sites for hydroxylation is 2. The molecule has 0 fully saturated rings. The molecule has 2 aromatic heterocycles. The third-order valence-electron chi connectivity index (χ3n) is 4.56. The van der Waals surface area contributed by atoms with E-state index in [1.54, 1.807) is 0 Å². The van der Waals surface area contributed by atoms with Gasteiger partial charge in [-0.25, -0.2) is 4.98 Å². The monoisotopic (exact) mass is 399 g/mol. The molecule has 0 spiro atoms. The molecule has 1 N–H and O–H groups in total. The van der Waals surface area contributed by atoms with Gasteiger partial charge in [-0.15, -0.1) is 10.2 Å². The number of nitrogens with one attached hydrogen (secondary N) is 1. The van der Waals surface area contributed by atoms with E-state index in [9.17, 15) is 4.79 Å². The fourth-order valence-corrected chi connectivity index (χ4v) is 3.33.